The summed E-state index contributed by atoms with van der Waals surface area (Å²) in [6.07, 6.45) is 0. The molecule has 0 fully saturated rings. The minimum atomic E-state index is 0.338. The Morgan fingerprint density at radius 2 is 1.90 bits per heavy atom. The quantitative estimate of drug-likeness (QED) is 0.819. The van der Waals surface area contributed by atoms with Crippen LogP contribution in [0.5, 0.6) is 5.75 Å². The average molecular weight is 355 g/mol. The lowest BCUT2D eigenvalue weighted by molar-refractivity contribution is 0.306. The van der Waals surface area contributed by atoms with Gasteiger partial charge in [0.2, 0.25) is 0 Å². The second-order valence-electron chi connectivity index (χ2n) is 4.60. The van der Waals surface area contributed by atoms with Gasteiger partial charge in [-0.1, -0.05) is 45.7 Å². The molecule has 0 aliphatic heterocycles. The van der Waals surface area contributed by atoms with Crippen molar-refractivity contribution in [1.29, 1.82) is 0 Å². The van der Waals surface area contributed by atoms with Crippen molar-refractivity contribution in [3.63, 3.8) is 0 Å². The predicted octanol–water partition coefficient (Wildman–Crippen LogP) is 4.96. The van der Waals surface area contributed by atoms with Crippen molar-refractivity contribution in [3.05, 3.63) is 63.1 Å². The lowest BCUT2D eigenvalue weighted by Crippen LogP contribution is -2.11. The summed E-state index contributed by atoms with van der Waals surface area (Å²) in [6, 6.07) is 14.2. The number of nitrogens with one attached hydrogen (secondary N) is 1. The van der Waals surface area contributed by atoms with Gasteiger partial charge in [-0.05, 0) is 43.8 Å². The summed E-state index contributed by atoms with van der Waals surface area (Å²) in [6.45, 7) is 2.59. The molecule has 20 heavy (non-hydrogen) atoms. The fourth-order valence-corrected chi connectivity index (χ4v) is 2.55. The van der Waals surface area contributed by atoms with Crippen molar-refractivity contribution < 1.29 is 4.74 Å². The minimum Gasteiger partial charge on any atom is -0.489 e. The molecule has 0 bridgehead atoms. The Morgan fingerprint density at radius 1 is 1.20 bits per heavy atom. The average Bonchev–Trinajstić information content (AvgIpc) is 2.46. The maximum atomic E-state index is 6.16. The number of benzene rings is 2. The summed E-state index contributed by atoms with van der Waals surface area (Å²) in [5.74, 6) is 0.844. The number of halogens is 2. The summed E-state index contributed by atoms with van der Waals surface area (Å²) >= 11 is 9.55. The van der Waals surface area contributed by atoms with Gasteiger partial charge in [-0.15, -0.1) is 0 Å². The minimum absolute atomic E-state index is 0.338. The topological polar surface area (TPSA) is 21.3 Å². The van der Waals surface area contributed by atoms with Crippen LogP contribution >= 0.6 is 27.5 Å². The predicted molar refractivity (Wildman–Crippen MR) is 87.4 cm³/mol. The van der Waals surface area contributed by atoms with Gasteiger partial charge in [-0.25, -0.2) is 0 Å². The van der Waals surface area contributed by atoms with Crippen molar-refractivity contribution in [1.82, 2.24) is 5.32 Å². The van der Waals surface area contributed by atoms with E-state index in [2.05, 4.69) is 40.3 Å². The second kappa shape index (κ2) is 7.11. The van der Waals surface area contributed by atoms with E-state index in [0.29, 0.717) is 17.7 Å². The smallest absolute Gasteiger partial charge is 0.119 e. The van der Waals surface area contributed by atoms with Gasteiger partial charge in [0.25, 0.3) is 0 Å². The molecule has 0 aliphatic carbocycles. The molecule has 0 spiro atoms. The van der Waals surface area contributed by atoms with E-state index in [1.807, 2.05) is 37.4 Å². The molecule has 0 heterocycles. The van der Waals surface area contributed by atoms with E-state index in [1.54, 1.807) is 0 Å². The molecule has 4 heteroatoms. The van der Waals surface area contributed by atoms with Crippen molar-refractivity contribution in [2.24, 2.45) is 0 Å². The van der Waals surface area contributed by atoms with Crippen LogP contribution in [0.3, 0.4) is 0 Å². The summed E-state index contributed by atoms with van der Waals surface area (Å²) < 4.78 is 6.73. The van der Waals surface area contributed by atoms with Crippen LogP contribution in [0, 0.1) is 0 Å². The van der Waals surface area contributed by atoms with Crippen LogP contribution in [0.1, 0.15) is 24.1 Å². The van der Waals surface area contributed by atoms with Gasteiger partial charge in [0.1, 0.15) is 12.4 Å². The lowest BCUT2D eigenvalue weighted by atomic mass is 10.1. The van der Waals surface area contributed by atoms with Crippen molar-refractivity contribution in [2.45, 2.75) is 19.6 Å². The van der Waals surface area contributed by atoms with Gasteiger partial charge in [0.05, 0.1) is 0 Å². The molecule has 0 saturated heterocycles. The molecule has 0 aromatic heterocycles. The van der Waals surface area contributed by atoms with Crippen molar-refractivity contribution >= 4 is 27.5 Å². The Balaban J connectivity index is 2.00. The van der Waals surface area contributed by atoms with Gasteiger partial charge in [0, 0.05) is 21.1 Å². The lowest BCUT2D eigenvalue weighted by Gasteiger charge is -2.12. The maximum Gasteiger partial charge on any atom is 0.119 e. The molecule has 0 aliphatic rings. The first kappa shape index (κ1) is 15.4. The third kappa shape index (κ3) is 3.98. The Bertz CT molecular complexity index is 571. The molecule has 1 N–H and O–H groups in total. The van der Waals surface area contributed by atoms with Crippen molar-refractivity contribution in [3.8, 4) is 5.75 Å². The first-order valence-electron chi connectivity index (χ1n) is 6.44. The largest absolute Gasteiger partial charge is 0.489 e. The van der Waals surface area contributed by atoms with E-state index in [1.165, 1.54) is 5.56 Å². The zero-order valence-electron chi connectivity index (χ0n) is 11.5. The molecule has 2 nitrogen and oxygen atoms in total. The maximum absolute atomic E-state index is 6.16. The summed E-state index contributed by atoms with van der Waals surface area (Å²) in [4.78, 5) is 0. The first-order valence-corrected chi connectivity index (χ1v) is 7.61. The fraction of sp³-hybridized carbons (Fsp3) is 0.250. The number of hydrogen-bond acceptors (Lipinski definition) is 2. The zero-order valence-corrected chi connectivity index (χ0v) is 13.8. The van der Waals surface area contributed by atoms with Crippen LogP contribution in [-0.2, 0) is 6.61 Å². The Hall–Kier alpha value is -1.03. The third-order valence-electron chi connectivity index (χ3n) is 3.22. The van der Waals surface area contributed by atoms with Gasteiger partial charge in [0.15, 0.2) is 0 Å². The summed E-state index contributed by atoms with van der Waals surface area (Å²) in [7, 11) is 1.95. The highest BCUT2D eigenvalue weighted by Gasteiger charge is 2.04. The third-order valence-corrected chi connectivity index (χ3v) is 4.07. The monoisotopic (exact) mass is 353 g/mol. The van der Waals surface area contributed by atoms with Crippen LogP contribution in [0.4, 0.5) is 0 Å². The highest BCUT2D eigenvalue weighted by atomic mass is 79.9. The Labute approximate surface area is 133 Å². The number of hydrogen-bond donors (Lipinski definition) is 1. The molecule has 0 amide bonds. The molecule has 2 aromatic rings. The van der Waals surface area contributed by atoms with E-state index in [4.69, 9.17) is 16.3 Å². The van der Waals surface area contributed by atoms with Crippen LogP contribution in [0.15, 0.2) is 46.9 Å². The van der Waals surface area contributed by atoms with Crippen LogP contribution in [0.2, 0.25) is 5.02 Å². The van der Waals surface area contributed by atoms with E-state index >= 15 is 0 Å². The summed E-state index contributed by atoms with van der Waals surface area (Å²) in [5.41, 5.74) is 2.21. The number of rotatable bonds is 5. The molecule has 1 unspecified atom stereocenters. The van der Waals surface area contributed by atoms with E-state index in [9.17, 15) is 0 Å². The van der Waals surface area contributed by atoms with Gasteiger partial charge in [-0.3, -0.25) is 0 Å². The molecule has 1 atom stereocenters. The molecule has 2 aromatic carbocycles. The summed E-state index contributed by atoms with van der Waals surface area (Å²) in [5, 5.41) is 3.92. The highest BCUT2D eigenvalue weighted by Crippen LogP contribution is 2.23. The molecule has 2 rings (SSSR count). The Morgan fingerprint density at radius 3 is 2.50 bits per heavy atom. The van der Waals surface area contributed by atoms with Gasteiger partial charge >= 0.3 is 0 Å². The van der Waals surface area contributed by atoms with Crippen LogP contribution in [-0.4, -0.2) is 7.05 Å². The van der Waals surface area contributed by atoms with E-state index in [-0.39, 0.29) is 0 Å². The van der Waals surface area contributed by atoms with Crippen LogP contribution < -0.4 is 10.1 Å². The molecule has 0 saturated carbocycles. The highest BCUT2D eigenvalue weighted by molar-refractivity contribution is 9.10. The SMILES string of the molecule is CNC(C)c1ccc(OCc2ccc(Br)cc2Cl)cc1. The van der Waals surface area contributed by atoms with Gasteiger partial charge in [-0.2, -0.15) is 0 Å². The molecular weight excluding hydrogens is 338 g/mol. The van der Waals surface area contributed by atoms with Crippen molar-refractivity contribution in [2.75, 3.05) is 7.05 Å². The van der Waals surface area contributed by atoms with E-state index < -0.39 is 0 Å². The molecule has 0 radical (unpaired) electrons. The normalized spacial score (nSPS) is 12.2. The van der Waals surface area contributed by atoms with E-state index in [0.717, 1.165) is 15.8 Å². The van der Waals surface area contributed by atoms with Crippen LogP contribution in [0.25, 0.3) is 0 Å². The first-order chi connectivity index (χ1) is 9.60. The zero-order chi connectivity index (χ0) is 14.5. The molecule has 106 valence electrons. The molecular formula is C16H17BrClNO. The second-order valence-corrected chi connectivity index (χ2v) is 5.93. The fourth-order valence-electron chi connectivity index (χ4n) is 1.82. The Kier molecular flexibility index (Phi) is 5.46. The standard InChI is InChI=1S/C16H17BrClNO/c1-11(19-2)12-4-7-15(8-5-12)20-10-13-3-6-14(17)9-16(13)18/h3-9,11,19H,10H2,1-2H3. The van der Waals surface area contributed by atoms with Gasteiger partial charge < -0.3 is 10.1 Å². The number of ether oxygens (including phenoxy) is 1.